The van der Waals surface area contributed by atoms with E-state index >= 15 is 0 Å². The molecular weight excluding hydrogens is 613 g/mol. The minimum absolute atomic E-state index is 0.831. The number of aromatic nitrogens is 6. The zero-order valence-electron chi connectivity index (χ0n) is 26.8. The molecule has 50 heavy (non-hydrogen) atoms. The maximum atomic E-state index is 5.06. The highest BCUT2D eigenvalue weighted by atomic mass is 15.0. The zero-order valence-corrected chi connectivity index (χ0v) is 26.8. The molecule has 4 aromatic carbocycles. The van der Waals surface area contributed by atoms with Gasteiger partial charge in [0.05, 0.1) is 39.1 Å². The zero-order chi connectivity index (χ0) is 33.0. The second kappa shape index (κ2) is 11.4. The van der Waals surface area contributed by atoms with Crippen LogP contribution in [0.25, 0.3) is 88.8 Å². The number of pyridine rings is 4. The van der Waals surface area contributed by atoms with Crippen LogP contribution in [-0.2, 0) is 0 Å². The van der Waals surface area contributed by atoms with Gasteiger partial charge in [-0.15, -0.1) is 0 Å². The molecule has 234 valence electrons. The molecule has 6 heterocycles. The standard InChI is InChI=1S/C44H28N6/c1-3-13-41-34(9-1)36-27-45-23-21-43(36)49(41)32-18-15-29(16-19-32)31-17-20-39(47-26-31)40-12-6-11-38(48-40)30-7-5-8-33(25-30)50-42-14-4-2-10-35(42)37-28-46-24-22-44(37)50/h1-28H. The topological polar surface area (TPSA) is 61.4 Å². The lowest BCUT2D eigenvalue weighted by Gasteiger charge is -2.11. The maximum Gasteiger partial charge on any atom is 0.0893 e. The molecule has 0 aliphatic heterocycles. The molecule has 0 unspecified atom stereocenters. The lowest BCUT2D eigenvalue weighted by molar-refractivity contribution is 1.17. The van der Waals surface area contributed by atoms with Crippen molar-refractivity contribution in [2.24, 2.45) is 0 Å². The van der Waals surface area contributed by atoms with Crippen molar-refractivity contribution in [1.29, 1.82) is 0 Å². The van der Waals surface area contributed by atoms with E-state index in [1.54, 1.807) is 0 Å². The van der Waals surface area contributed by atoms with Gasteiger partial charge in [-0.25, -0.2) is 4.98 Å². The van der Waals surface area contributed by atoms with Gasteiger partial charge in [0.25, 0.3) is 0 Å². The van der Waals surface area contributed by atoms with Crippen molar-refractivity contribution in [1.82, 2.24) is 29.1 Å². The van der Waals surface area contributed by atoms with E-state index in [1.807, 2.05) is 37.1 Å². The summed E-state index contributed by atoms with van der Waals surface area (Å²) < 4.78 is 4.60. The van der Waals surface area contributed by atoms with Crippen molar-refractivity contribution < 1.29 is 0 Å². The third-order valence-electron chi connectivity index (χ3n) is 9.58. The normalized spacial score (nSPS) is 11.6. The van der Waals surface area contributed by atoms with Crippen molar-refractivity contribution in [2.45, 2.75) is 0 Å². The Morgan fingerprint density at radius 3 is 1.64 bits per heavy atom. The Morgan fingerprint density at radius 1 is 0.360 bits per heavy atom. The van der Waals surface area contributed by atoms with E-state index in [-0.39, 0.29) is 0 Å². The summed E-state index contributed by atoms with van der Waals surface area (Å²) in [6, 6.07) is 48.6. The molecule has 6 aromatic heterocycles. The molecule has 0 saturated heterocycles. The average molecular weight is 641 g/mol. The van der Waals surface area contributed by atoms with E-state index < -0.39 is 0 Å². The van der Waals surface area contributed by atoms with Crippen LogP contribution < -0.4 is 0 Å². The SMILES string of the molecule is c1cc(-c2cccc(-c3ccc(-c4ccc(-n5c6ccccc6c6cnccc65)cc4)cn3)n2)cc(-n2c3ccccc3c3cnccc32)c1. The van der Waals surface area contributed by atoms with Gasteiger partial charge in [0.2, 0.25) is 0 Å². The van der Waals surface area contributed by atoms with E-state index in [4.69, 9.17) is 9.97 Å². The van der Waals surface area contributed by atoms with Gasteiger partial charge >= 0.3 is 0 Å². The molecule has 0 atom stereocenters. The Bertz CT molecular complexity index is 2760. The number of fused-ring (bicyclic) bond motifs is 6. The molecule has 0 saturated carbocycles. The predicted octanol–water partition coefficient (Wildman–Crippen LogP) is 10.5. The van der Waals surface area contributed by atoms with Crippen molar-refractivity contribution in [3.05, 3.63) is 171 Å². The van der Waals surface area contributed by atoms with E-state index in [2.05, 4.69) is 153 Å². The molecule has 0 amide bonds. The van der Waals surface area contributed by atoms with Crippen molar-refractivity contribution in [3.63, 3.8) is 0 Å². The first kappa shape index (κ1) is 28.1. The highest BCUT2D eigenvalue weighted by Crippen LogP contribution is 2.34. The summed E-state index contributed by atoms with van der Waals surface area (Å²) in [7, 11) is 0. The molecule has 10 aromatic rings. The van der Waals surface area contributed by atoms with Crippen LogP contribution in [0, 0.1) is 0 Å². The third-order valence-corrected chi connectivity index (χ3v) is 9.58. The number of benzene rings is 4. The van der Waals surface area contributed by atoms with Crippen LogP contribution in [0.3, 0.4) is 0 Å². The Morgan fingerprint density at radius 2 is 0.960 bits per heavy atom. The van der Waals surface area contributed by atoms with Gasteiger partial charge in [-0.1, -0.05) is 72.8 Å². The number of hydrogen-bond acceptors (Lipinski definition) is 4. The highest BCUT2D eigenvalue weighted by molar-refractivity contribution is 6.09. The van der Waals surface area contributed by atoms with E-state index in [0.29, 0.717) is 0 Å². The van der Waals surface area contributed by atoms with Gasteiger partial charge in [0.1, 0.15) is 0 Å². The van der Waals surface area contributed by atoms with Gasteiger partial charge < -0.3 is 9.13 Å². The first-order valence-corrected chi connectivity index (χ1v) is 16.6. The van der Waals surface area contributed by atoms with Crippen molar-refractivity contribution in [2.75, 3.05) is 0 Å². The van der Waals surface area contributed by atoms with Crippen LogP contribution in [0.15, 0.2) is 171 Å². The molecule has 6 heteroatoms. The molecular formula is C44H28N6. The second-order valence-corrected chi connectivity index (χ2v) is 12.4. The molecule has 6 nitrogen and oxygen atoms in total. The average Bonchev–Trinajstić information content (AvgIpc) is 3.71. The second-order valence-electron chi connectivity index (χ2n) is 12.4. The summed E-state index contributed by atoms with van der Waals surface area (Å²) in [6.07, 6.45) is 9.53. The fraction of sp³-hybridized carbons (Fsp3) is 0. The lowest BCUT2D eigenvalue weighted by atomic mass is 10.1. The summed E-state index contributed by atoms with van der Waals surface area (Å²) in [5.41, 5.74) is 12.5. The molecule has 0 aliphatic carbocycles. The fourth-order valence-electron chi connectivity index (χ4n) is 7.25. The summed E-state index contributed by atoms with van der Waals surface area (Å²) in [6.45, 7) is 0. The summed E-state index contributed by atoms with van der Waals surface area (Å²) >= 11 is 0. The van der Waals surface area contributed by atoms with Crippen LogP contribution in [-0.4, -0.2) is 29.1 Å². The first-order valence-electron chi connectivity index (χ1n) is 16.6. The van der Waals surface area contributed by atoms with Gasteiger partial charge in [-0.3, -0.25) is 15.0 Å². The lowest BCUT2D eigenvalue weighted by Crippen LogP contribution is -1.95. The van der Waals surface area contributed by atoms with Gasteiger partial charge in [-0.2, -0.15) is 0 Å². The van der Waals surface area contributed by atoms with Gasteiger partial charge in [-0.05, 0) is 72.3 Å². The Balaban J connectivity index is 0.955. The van der Waals surface area contributed by atoms with Crippen LogP contribution in [0.5, 0.6) is 0 Å². The molecule has 0 aliphatic rings. The molecule has 0 spiro atoms. The summed E-state index contributed by atoms with van der Waals surface area (Å²) in [4.78, 5) is 18.7. The molecule has 0 N–H and O–H groups in total. The quantitative estimate of drug-likeness (QED) is 0.188. The van der Waals surface area contributed by atoms with E-state index in [1.165, 1.54) is 16.3 Å². The predicted molar refractivity (Wildman–Crippen MR) is 203 cm³/mol. The smallest absolute Gasteiger partial charge is 0.0893 e. The Labute approximate surface area is 287 Å². The summed E-state index contributed by atoms with van der Waals surface area (Å²) in [5.74, 6) is 0. The van der Waals surface area contributed by atoms with E-state index in [0.717, 1.165) is 72.5 Å². The number of nitrogens with zero attached hydrogens (tertiary/aromatic N) is 6. The summed E-state index contributed by atoms with van der Waals surface area (Å²) in [5, 5.41) is 4.68. The van der Waals surface area contributed by atoms with Crippen LogP contribution in [0.2, 0.25) is 0 Å². The van der Waals surface area contributed by atoms with Crippen LogP contribution >= 0.6 is 0 Å². The third kappa shape index (κ3) is 4.50. The fourth-order valence-corrected chi connectivity index (χ4v) is 7.25. The van der Waals surface area contributed by atoms with Crippen LogP contribution in [0.1, 0.15) is 0 Å². The van der Waals surface area contributed by atoms with Crippen molar-refractivity contribution >= 4 is 43.6 Å². The van der Waals surface area contributed by atoms with E-state index in [9.17, 15) is 0 Å². The minimum atomic E-state index is 0.831. The minimum Gasteiger partial charge on any atom is -0.309 e. The monoisotopic (exact) mass is 640 g/mol. The number of rotatable bonds is 5. The van der Waals surface area contributed by atoms with Gasteiger partial charge in [0, 0.05) is 75.0 Å². The first-order chi connectivity index (χ1) is 24.8. The maximum absolute atomic E-state index is 5.06. The largest absolute Gasteiger partial charge is 0.309 e. The molecule has 0 bridgehead atoms. The van der Waals surface area contributed by atoms with Crippen LogP contribution in [0.4, 0.5) is 0 Å². The molecule has 0 fully saturated rings. The highest BCUT2D eigenvalue weighted by Gasteiger charge is 2.14. The molecule has 0 radical (unpaired) electrons. The van der Waals surface area contributed by atoms with Crippen molar-refractivity contribution in [3.8, 4) is 45.1 Å². The molecule has 10 rings (SSSR count). The number of hydrogen-bond donors (Lipinski definition) is 0. The number of para-hydroxylation sites is 2. The Hall–Kier alpha value is -6.92. The Kier molecular flexibility index (Phi) is 6.39. The van der Waals surface area contributed by atoms with Gasteiger partial charge in [0.15, 0.2) is 0 Å².